The molecule has 4 heteroatoms. The number of nitrogens with zero attached hydrogens (tertiary/aromatic N) is 1. The number of aromatic nitrogens is 1. The number of hydrogen-bond acceptors (Lipinski definition) is 4. The van der Waals surface area contributed by atoms with Crippen molar-refractivity contribution in [3.8, 4) is 5.75 Å². The Morgan fingerprint density at radius 2 is 2.11 bits per heavy atom. The van der Waals surface area contributed by atoms with Crippen molar-refractivity contribution in [3.05, 3.63) is 24.0 Å². The van der Waals surface area contributed by atoms with Crippen molar-refractivity contribution in [2.75, 3.05) is 7.11 Å². The summed E-state index contributed by atoms with van der Waals surface area (Å²) < 4.78 is 11.3. The van der Waals surface area contributed by atoms with E-state index in [4.69, 9.17) is 15.2 Å². The van der Waals surface area contributed by atoms with Crippen LogP contribution in [-0.2, 0) is 4.74 Å². The highest BCUT2D eigenvalue weighted by molar-refractivity contribution is 5.21. The maximum Gasteiger partial charge on any atom is 0.138 e. The van der Waals surface area contributed by atoms with Gasteiger partial charge in [-0.25, -0.2) is 0 Å². The zero-order chi connectivity index (χ0) is 13.0. The molecule has 0 bridgehead atoms. The monoisotopic (exact) mass is 250 g/mol. The third-order valence-electron chi connectivity index (χ3n) is 3.44. The quantitative estimate of drug-likeness (QED) is 0.891. The van der Waals surface area contributed by atoms with Crippen LogP contribution in [0.25, 0.3) is 0 Å². The molecule has 0 saturated heterocycles. The minimum absolute atomic E-state index is 0.0356. The Balaban J connectivity index is 1.92. The van der Waals surface area contributed by atoms with Crippen LogP contribution in [0.15, 0.2) is 18.3 Å². The predicted molar refractivity (Wildman–Crippen MR) is 70.5 cm³/mol. The molecule has 0 aliphatic heterocycles. The number of ether oxygens (including phenoxy) is 2. The Labute approximate surface area is 108 Å². The average Bonchev–Trinajstić information content (AvgIpc) is 2.39. The Kier molecular flexibility index (Phi) is 4.55. The number of rotatable bonds is 4. The molecule has 1 aliphatic carbocycles. The maximum absolute atomic E-state index is 5.94. The van der Waals surface area contributed by atoms with Crippen LogP contribution in [0, 0.1) is 0 Å². The maximum atomic E-state index is 5.94. The molecule has 1 aromatic heterocycles. The highest BCUT2D eigenvalue weighted by atomic mass is 16.5. The van der Waals surface area contributed by atoms with Crippen molar-refractivity contribution >= 4 is 0 Å². The van der Waals surface area contributed by atoms with E-state index in [1.807, 2.05) is 19.1 Å². The van der Waals surface area contributed by atoms with E-state index in [0.717, 1.165) is 37.1 Å². The fourth-order valence-electron chi connectivity index (χ4n) is 2.35. The summed E-state index contributed by atoms with van der Waals surface area (Å²) >= 11 is 0. The Morgan fingerprint density at radius 1 is 1.33 bits per heavy atom. The van der Waals surface area contributed by atoms with Gasteiger partial charge in [-0.15, -0.1) is 0 Å². The molecule has 1 saturated carbocycles. The SMILES string of the molecule is COC1CCCC(Oc2ccc(C(C)N)nc2)C1. The lowest BCUT2D eigenvalue weighted by Crippen LogP contribution is -2.29. The van der Waals surface area contributed by atoms with Gasteiger partial charge in [0.25, 0.3) is 0 Å². The molecule has 4 nitrogen and oxygen atoms in total. The Morgan fingerprint density at radius 3 is 2.72 bits per heavy atom. The van der Waals surface area contributed by atoms with Gasteiger partial charge in [-0.2, -0.15) is 0 Å². The van der Waals surface area contributed by atoms with Gasteiger partial charge in [-0.1, -0.05) is 0 Å². The summed E-state index contributed by atoms with van der Waals surface area (Å²) in [6.45, 7) is 1.92. The van der Waals surface area contributed by atoms with Crippen LogP contribution >= 0.6 is 0 Å². The number of hydrogen-bond donors (Lipinski definition) is 1. The van der Waals surface area contributed by atoms with Gasteiger partial charge < -0.3 is 15.2 Å². The minimum Gasteiger partial charge on any atom is -0.489 e. The van der Waals surface area contributed by atoms with Gasteiger partial charge in [0.05, 0.1) is 18.0 Å². The first-order chi connectivity index (χ1) is 8.69. The van der Waals surface area contributed by atoms with Crippen LogP contribution in [0.2, 0.25) is 0 Å². The largest absolute Gasteiger partial charge is 0.489 e. The van der Waals surface area contributed by atoms with E-state index >= 15 is 0 Å². The van der Waals surface area contributed by atoms with Crippen molar-refractivity contribution in [1.29, 1.82) is 0 Å². The zero-order valence-corrected chi connectivity index (χ0v) is 11.1. The first-order valence-electron chi connectivity index (χ1n) is 6.60. The van der Waals surface area contributed by atoms with Gasteiger partial charge in [-0.3, -0.25) is 4.98 Å². The summed E-state index contributed by atoms with van der Waals surface area (Å²) in [5, 5.41) is 0. The van der Waals surface area contributed by atoms with Crippen molar-refractivity contribution in [1.82, 2.24) is 4.98 Å². The van der Waals surface area contributed by atoms with E-state index in [1.165, 1.54) is 0 Å². The molecule has 2 rings (SSSR count). The normalized spacial score (nSPS) is 25.7. The van der Waals surface area contributed by atoms with Crippen LogP contribution in [0.5, 0.6) is 5.75 Å². The van der Waals surface area contributed by atoms with Crippen LogP contribution < -0.4 is 10.5 Å². The molecule has 1 fully saturated rings. The third kappa shape index (κ3) is 3.43. The standard InChI is InChI=1S/C14H22N2O2/c1-10(15)14-7-6-13(9-16-14)18-12-5-3-4-11(8-12)17-2/h6-7,9-12H,3-5,8,15H2,1-2H3. The molecule has 3 unspecified atom stereocenters. The fraction of sp³-hybridized carbons (Fsp3) is 0.643. The summed E-state index contributed by atoms with van der Waals surface area (Å²) in [4.78, 5) is 4.30. The van der Waals surface area contributed by atoms with Crippen molar-refractivity contribution in [3.63, 3.8) is 0 Å². The molecule has 3 atom stereocenters. The van der Waals surface area contributed by atoms with E-state index in [-0.39, 0.29) is 12.1 Å². The average molecular weight is 250 g/mol. The van der Waals surface area contributed by atoms with E-state index in [9.17, 15) is 0 Å². The van der Waals surface area contributed by atoms with Crippen LogP contribution in [-0.4, -0.2) is 24.3 Å². The second kappa shape index (κ2) is 6.16. The lowest BCUT2D eigenvalue weighted by Gasteiger charge is -2.28. The molecular weight excluding hydrogens is 228 g/mol. The molecule has 0 aromatic carbocycles. The summed E-state index contributed by atoms with van der Waals surface area (Å²) in [6.07, 6.45) is 6.69. The molecule has 0 amide bonds. The van der Waals surface area contributed by atoms with E-state index in [0.29, 0.717) is 6.10 Å². The highest BCUT2D eigenvalue weighted by Crippen LogP contribution is 2.25. The zero-order valence-electron chi connectivity index (χ0n) is 11.1. The highest BCUT2D eigenvalue weighted by Gasteiger charge is 2.23. The first-order valence-corrected chi connectivity index (χ1v) is 6.60. The predicted octanol–water partition coefficient (Wildman–Crippen LogP) is 2.44. The summed E-state index contributed by atoms with van der Waals surface area (Å²) in [6, 6.07) is 3.84. The molecule has 1 heterocycles. The van der Waals surface area contributed by atoms with Gasteiger partial charge in [0.1, 0.15) is 11.9 Å². The van der Waals surface area contributed by atoms with E-state index < -0.39 is 0 Å². The molecule has 0 radical (unpaired) electrons. The van der Waals surface area contributed by atoms with Crippen molar-refractivity contribution < 1.29 is 9.47 Å². The second-order valence-corrected chi connectivity index (χ2v) is 4.97. The van der Waals surface area contributed by atoms with Crippen molar-refractivity contribution in [2.45, 2.75) is 50.9 Å². The number of pyridine rings is 1. The van der Waals surface area contributed by atoms with E-state index in [1.54, 1.807) is 13.3 Å². The summed E-state index contributed by atoms with van der Waals surface area (Å²) in [7, 11) is 1.77. The van der Waals surface area contributed by atoms with Crippen molar-refractivity contribution in [2.24, 2.45) is 5.73 Å². The smallest absolute Gasteiger partial charge is 0.138 e. The van der Waals surface area contributed by atoms with Gasteiger partial charge >= 0.3 is 0 Å². The first kappa shape index (κ1) is 13.3. The molecule has 1 aromatic rings. The molecular formula is C14H22N2O2. The van der Waals surface area contributed by atoms with Gasteiger partial charge in [0.2, 0.25) is 0 Å². The lowest BCUT2D eigenvalue weighted by molar-refractivity contribution is 0.0208. The fourth-order valence-corrected chi connectivity index (χ4v) is 2.35. The Hall–Kier alpha value is -1.13. The Bertz CT molecular complexity index is 365. The molecule has 0 spiro atoms. The molecule has 1 aliphatic rings. The summed E-state index contributed by atoms with van der Waals surface area (Å²) in [5.41, 5.74) is 6.65. The topological polar surface area (TPSA) is 57.4 Å². The second-order valence-electron chi connectivity index (χ2n) is 4.97. The third-order valence-corrected chi connectivity index (χ3v) is 3.44. The van der Waals surface area contributed by atoms with Crippen LogP contribution in [0.4, 0.5) is 0 Å². The molecule has 2 N–H and O–H groups in total. The van der Waals surface area contributed by atoms with Crippen LogP contribution in [0.3, 0.4) is 0 Å². The number of nitrogens with two attached hydrogens (primary N) is 1. The van der Waals surface area contributed by atoms with Gasteiger partial charge in [-0.05, 0) is 38.3 Å². The van der Waals surface area contributed by atoms with E-state index in [2.05, 4.69) is 4.98 Å². The minimum atomic E-state index is -0.0356. The summed E-state index contributed by atoms with van der Waals surface area (Å²) in [5.74, 6) is 0.821. The number of methoxy groups -OCH3 is 1. The lowest BCUT2D eigenvalue weighted by atomic mass is 9.95. The molecule has 18 heavy (non-hydrogen) atoms. The van der Waals surface area contributed by atoms with Gasteiger partial charge in [0, 0.05) is 19.6 Å². The molecule has 100 valence electrons. The van der Waals surface area contributed by atoms with Gasteiger partial charge in [0.15, 0.2) is 0 Å². The van der Waals surface area contributed by atoms with Crippen LogP contribution in [0.1, 0.15) is 44.3 Å².